The zero-order chi connectivity index (χ0) is 17.5. The SMILES string of the molecule is C[C@@H](CC(=O)N[C@@H](C)C(=O)N1CCOCC1)Cc1cccc(F)c1. The average molecular weight is 336 g/mol. The Morgan fingerprint density at radius 1 is 1.29 bits per heavy atom. The molecule has 1 saturated heterocycles. The molecule has 1 N–H and O–H groups in total. The lowest BCUT2D eigenvalue weighted by Gasteiger charge is -2.29. The lowest BCUT2D eigenvalue weighted by atomic mass is 9.97. The van der Waals surface area contributed by atoms with Crippen LogP contribution < -0.4 is 5.32 Å². The van der Waals surface area contributed by atoms with Crippen LogP contribution in [-0.2, 0) is 20.7 Å². The van der Waals surface area contributed by atoms with Crippen molar-refractivity contribution in [1.82, 2.24) is 10.2 Å². The zero-order valence-corrected chi connectivity index (χ0v) is 14.3. The van der Waals surface area contributed by atoms with E-state index in [9.17, 15) is 14.0 Å². The van der Waals surface area contributed by atoms with Gasteiger partial charge in [-0.2, -0.15) is 0 Å². The van der Waals surface area contributed by atoms with Crippen molar-refractivity contribution in [1.29, 1.82) is 0 Å². The van der Waals surface area contributed by atoms with Crippen molar-refractivity contribution >= 4 is 11.8 Å². The van der Waals surface area contributed by atoms with Crippen LogP contribution in [0.1, 0.15) is 25.8 Å². The van der Waals surface area contributed by atoms with Gasteiger partial charge in [0.25, 0.3) is 0 Å². The van der Waals surface area contributed by atoms with Crippen molar-refractivity contribution in [3.05, 3.63) is 35.6 Å². The average Bonchev–Trinajstić information content (AvgIpc) is 2.54. The number of carbonyl (C=O) groups excluding carboxylic acids is 2. The molecule has 0 radical (unpaired) electrons. The minimum absolute atomic E-state index is 0.0671. The highest BCUT2D eigenvalue weighted by molar-refractivity contribution is 5.87. The Kier molecular flexibility index (Phi) is 6.73. The van der Waals surface area contributed by atoms with Crippen LogP contribution in [0.5, 0.6) is 0 Å². The van der Waals surface area contributed by atoms with E-state index < -0.39 is 6.04 Å². The second-order valence-electron chi connectivity index (χ2n) is 6.37. The van der Waals surface area contributed by atoms with E-state index in [-0.39, 0.29) is 23.5 Å². The molecule has 1 aliphatic rings. The molecule has 2 amide bonds. The predicted octanol–water partition coefficient (Wildman–Crippen LogP) is 1.76. The molecule has 0 unspecified atom stereocenters. The first kappa shape index (κ1) is 18.4. The highest BCUT2D eigenvalue weighted by Gasteiger charge is 2.24. The molecule has 6 heteroatoms. The molecule has 1 aromatic carbocycles. The molecule has 1 fully saturated rings. The molecule has 132 valence electrons. The second kappa shape index (κ2) is 8.78. The van der Waals surface area contributed by atoms with E-state index in [0.717, 1.165) is 5.56 Å². The summed E-state index contributed by atoms with van der Waals surface area (Å²) < 4.78 is 18.4. The van der Waals surface area contributed by atoms with E-state index in [1.54, 1.807) is 17.9 Å². The van der Waals surface area contributed by atoms with Gasteiger partial charge in [0, 0.05) is 19.5 Å². The first-order chi connectivity index (χ1) is 11.5. The van der Waals surface area contributed by atoms with Crippen molar-refractivity contribution in [2.24, 2.45) is 5.92 Å². The lowest BCUT2D eigenvalue weighted by Crippen LogP contribution is -2.50. The summed E-state index contributed by atoms with van der Waals surface area (Å²) in [5, 5.41) is 2.76. The molecule has 2 atom stereocenters. The van der Waals surface area contributed by atoms with Gasteiger partial charge in [0.15, 0.2) is 0 Å². The summed E-state index contributed by atoms with van der Waals surface area (Å²) in [6.45, 7) is 5.85. The summed E-state index contributed by atoms with van der Waals surface area (Å²) in [5.74, 6) is -0.441. The van der Waals surface area contributed by atoms with E-state index in [0.29, 0.717) is 39.1 Å². The minimum atomic E-state index is -0.544. The van der Waals surface area contributed by atoms with Crippen LogP contribution in [0.3, 0.4) is 0 Å². The monoisotopic (exact) mass is 336 g/mol. The Bertz CT molecular complexity index is 573. The Labute approximate surface area is 142 Å². The number of hydrogen-bond donors (Lipinski definition) is 1. The topological polar surface area (TPSA) is 58.6 Å². The summed E-state index contributed by atoms with van der Waals surface area (Å²) in [5.41, 5.74) is 0.868. The molecular formula is C18H25FN2O3. The van der Waals surface area contributed by atoms with Crippen molar-refractivity contribution < 1.29 is 18.7 Å². The van der Waals surface area contributed by atoms with Gasteiger partial charge in [-0.15, -0.1) is 0 Å². The van der Waals surface area contributed by atoms with E-state index in [4.69, 9.17) is 4.74 Å². The molecule has 1 aliphatic heterocycles. The van der Waals surface area contributed by atoms with Crippen LogP contribution in [0.4, 0.5) is 4.39 Å². The molecule has 2 rings (SSSR count). The van der Waals surface area contributed by atoms with Gasteiger partial charge in [0.05, 0.1) is 13.2 Å². The fraction of sp³-hybridized carbons (Fsp3) is 0.556. The molecule has 0 saturated carbocycles. The maximum atomic E-state index is 13.2. The number of halogens is 1. The van der Waals surface area contributed by atoms with E-state index >= 15 is 0 Å². The first-order valence-corrected chi connectivity index (χ1v) is 8.36. The third-order valence-corrected chi connectivity index (χ3v) is 4.08. The maximum absolute atomic E-state index is 13.2. The van der Waals surface area contributed by atoms with Gasteiger partial charge in [0.1, 0.15) is 11.9 Å². The number of morpholine rings is 1. The van der Waals surface area contributed by atoms with Crippen LogP contribution in [0.15, 0.2) is 24.3 Å². The lowest BCUT2D eigenvalue weighted by molar-refractivity contribution is -0.139. The summed E-state index contributed by atoms with van der Waals surface area (Å²) in [4.78, 5) is 26.1. The van der Waals surface area contributed by atoms with Gasteiger partial charge in [-0.25, -0.2) is 4.39 Å². The quantitative estimate of drug-likeness (QED) is 0.861. The molecule has 24 heavy (non-hydrogen) atoms. The molecule has 1 aromatic rings. The van der Waals surface area contributed by atoms with E-state index in [1.807, 2.05) is 13.0 Å². The summed E-state index contributed by atoms with van der Waals surface area (Å²) >= 11 is 0. The molecular weight excluding hydrogens is 311 g/mol. The number of benzene rings is 1. The van der Waals surface area contributed by atoms with Crippen molar-refractivity contribution in [3.63, 3.8) is 0 Å². The minimum Gasteiger partial charge on any atom is -0.378 e. The summed E-state index contributed by atoms with van der Waals surface area (Å²) in [6, 6.07) is 5.86. The Morgan fingerprint density at radius 3 is 2.67 bits per heavy atom. The Balaban J connectivity index is 1.77. The predicted molar refractivity (Wildman–Crippen MR) is 88.9 cm³/mol. The number of nitrogens with zero attached hydrogens (tertiary/aromatic N) is 1. The highest BCUT2D eigenvalue weighted by atomic mass is 19.1. The van der Waals surface area contributed by atoms with Gasteiger partial charge in [-0.3, -0.25) is 9.59 Å². The van der Waals surface area contributed by atoms with Crippen molar-refractivity contribution in [3.8, 4) is 0 Å². The normalized spacial score (nSPS) is 17.2. The van der Waals surface area contributed by atoms with Crippen LogP contribution >= 0.6 is 0 Å². The largest absolute Gasteiger partial charge is 0.378 e. The van der Waals surface area contributed by atoms with Gasteiger partial charge in [-0.05, 0) is 37.0 Å². The highest BCUT2D eigenvalue weighted by Crippen LogP contribution is 2.13. The number of hydrogen-bond acceptors (Lipinski definition) is 3. The van der Waals surface area contributed by atoms with Crippen LogP contribution in [0.25, 0.3) is 0 Å². The number of carbonyl (C=O) groups is 2. The second-order valence-corrected chi connectivity index (χ2v) is 6.37. The third-order valence-electron chi connectivity index (χ3n) is 4.08. The third kappa shape index (κ3) is 5.60. The standard InChI is InChI=1S/C18H25FN2O3/c1-13(10-15-4-3-5-16(19)12-15)11-17(22)20-14(2)18(23)21-6-8-24-9-7-21/h3-5,12-14H,6-11H2,1-2H3,(H,20,22)/t13-,14+/m1/s1. The van der Waals surface area contributed by atoms with Gasteiger partial charge >= 0.3 is 0 Å². The fourth-order valence-corrected chi connectivity index (χ4v) is 2.87. The molecule has 0 bridgehead atoms. The smallest absolute Gasteiger partial charge is 0.245 e. The number of amides is 2. The summed E-state index contributed by atoms with van der Waals surface area (Å²) in [7, 11) is 0. The van der Waals surface area contributed by atoms with E-state index in [2.05, 4.69) is 5.32 Å². The molecule has 5 nitrogen and oxygen atoms in total. The molecule has 0 aliphatic carbocycles. The number of nitrogens with one attached hydrogen (secondary N) is 1. The fourth-order valence-electron chi connectivity index (χ4n) is 2.87. The van der Waals surface area contributed by atoms with Gasteiger partial charge in [0.2, 0.25) is 11.8 Å². The Morgan fingerprint density at radius 2 is 2.00 bits per heavy atom. The molecule has 0 spiro atoms. The number of ether oxygens (including phenoxy) is 1. The van der Waals surface area contributed by atoms with Crippen LogP contribution in [0.2, 0.25) is 0 Å². The number of rotatable bonds is 6. The zero-order valence-electron chi connectivity index (χ0n) is 14.3. The van der Waals surface area contributed by atoms with Crippen LogP contribution in [-0.4, -0.2) is 49.1 Å². The summed E-state index contributed by atoms with van der Waals surface area (Å²) in [6.07, 6.45) is 0.925. The van der Waals surface area contributed by atoms with Crippen molar-refractivity contribution in [2.45, 2.75) is 32.7 Å². The molecule has 1 heterocycles. The van der Waals surface area contributed by atoms with Gasteiger partial charge < -0.3 is 15.0 Å². The maximum Gasteiger partial charge on any atom is 0.245 e. The first-order valence-electron chi connectivity index (χ1n) is 8.36. The Hall–Kier alpha value is -1.95. The van der Waals surface area contributed by atoms with Gasteiger partial charge in [-0.1, -0.05) is 19.1 Å². The van der Waals surface area contributed by atoms with E-state index in [1.165, 1.54) is 12.1 Å². The van der Waals surface area contributed by atoms with Crippen molar-refractivity contribution in [2.75, 3.05) is 26.3 Å². The molecule has 0 aromatic heterocycles. The van der Waals surface area contributed by atoms with Crippen LogP contribution in [0, 0.1) is 11.7 Å².